The van der Waals surface area contributed by atoms with Crippen LogP contribution in [-0.2, 0) is 0 Å². The molecule has 0 aliphatic carbocycles. The molecule has 0 radical (unpaired) electrons. The number of nitrogens with zero attached hydrogens (tertiary/aromatic N) is 2. The Hall–Kier alpha value is -1.46. The van der Waals surface area contributed by atoms with Crippen molar-refractivity contribution in [3.05, 3.63) is 51.6 Å². The van der Waals surface area contributed by atoms with Crippen molar-refractivity contribution in [2.75, 3.05) is 5.32 Å². The summed E-state index contributed by atoms with van der Waals surface area (Å²) < 4.78 is 0.917. The number of nitrogens with one attached hydrogen (secondary N) is 1. The van der Waals surface area contributed by atoms with E-state index in [1.54, 1.807) is 36.4 Å². The lowest BCUT2D eigenvalue weighted by atomic mass is 10.2. The summed E-state index contributed by atoms with van der Waals surface area (Å²) in [5.74, 6) is 0.122. The first-order valence-corrected chi connectivity index (χ1v) is 5.88. The molecular formula is C11H7BrClN3O. The minimum Gasteiger partial charge on any atom is -0.305 e. The van der Waals surface area contributed by atoms with Gasteiger partial charge in [0.1, 0.15) is 0 Å². The van der Waals surface area contributed by atoms with E-state index in [0.29, 0.717) is 11.4 Å². The van der Waals surface area contributed by atoms with Crippen LogP contribution in [0.5, 0.6) is 0 Å². The molecule has 17 heavy (non-hydrogen) atoms. The zero-order valence-corrected chi connectivity index (χ0v) is 10.9. The fraction of sp³-hybridized carbons (Fsp3) is 0. The van der Waals surface area contributed by atoms with Crippen LogP contribution in [0.3, 0.4) is 0 Å². The van der Waals surface area contributed by atoms with E-state index in [9.17, 15) is 4.79 Å². The Kier molecular flexibility index (Phi) is 3.71. The quantitative estimate of drug-likeness (QED) is 0.927. The number of anilines is 1. The third kappa shape index (κ3) is 3.25. The highest BCUT2D eigenvalue weighted by Gasteiger charge is 2.06. The Labute approximate surface area is 111 Å². The van der Waals surface area contributed by atoms with Crippen LogP contribution in [0.4, 0.5) is 5.82 Å². The predicted octanol–water partition coefficient (Wildman–Crippen LogP) is 3.14. The van der Waals surface area contributed by atoms with Crippen LogP contribution in [0.25, 0.3) is 0 Å². The number of carbonyl (C=O) groups excluding carboxylic acids is 1. The van der Waals surface area contributed by atoms with Gasteiger partial charge in [0.15, 0.2) is 11.0 Å². The van der Waals surface area contributed by atoms with E-state index in [1.165, 1.54) is 0 Å². The Morgan fingerprint density at radius 1 is 1.12 bits per heavy atom. The number of hydrogen-bond donors (Lipinski definition) is 1. The summed E-state index contributed by atoms with van der Waals surface area (Å²) in [4.78, 5) is 11.8. The highest BCUT2D eigenvalue weighted by Crippen LogP contribution is 2.12. The van der Waals surface area contributed by atoms with Crippen LogP contribution < -0.4 is 5.32 Å². The van der Waals surface area contributed by atoms with Gasteiger partial charge in [-0.05, 0) is 36.4 Å². The lowest BCUT2D eigenvalue weighted by Crippen LogP contribution is -2.13. The fourth-order valence-electron chi connectivity index (χ4n) is 1.17. The van der Waals surface area contributed by atoms with Gasteiger partial charge in [0, 0.05) is 10.0 Å². The van der Waals surface area contributed by atoms with E-state index in [-0.39, 0.29) is 11.1 Å². The van der Waals surface area contributed by atoms with Gasteiger partial charge in [0.05, 0.1) is 0 Å². The summed E-state index contributed by atoms with van der Waals surface area (Å²) in [6, 6.07) is 10.2. The van der Waals surface area contributed by atoms with Crippen molar-refractivity contribution in [3.63, 3.8) is 0 Å². The molecule has 0 atom stereocenters. The van der Waals surface area contributed by atoms with Gasteiger partial charge in [-0.3, -0.25) is 4.79 Å². The summed E-state index contributed by atoms with van der Waals surface area (Å²) in [6.45, 7) is 0. The fourth-order valence-corrected chi connectivity index (χ4v) is 1.54. The molecule has 1 N–H and O–H groups in total. The zero-order chi connectivity index (χ0) is 12.3. The molecule has 0 bridgehead atoms. The Morgan fingerprint density at radius 3 is 2.41 bits per heavy atom. The molecule has 1 aromatic carbocycles. The van der Waals surface area contributed by atoms with Gasteiger partial charge in [-0.1, -0.05) is 27.5 Å². The average Bonchev–Trinajstić information content (AvgIpc) is 2.33. The molecule has 1 heterocycles. The summed E-state index contributed by atoms with van der Waals surface area (Å²) in [5.41, 5.74) is 0.546. The van der Waals surface area contributed by atoms with Crippen molar-refractivity contribution < 1.29 is 4.79 Å². The molecule has 86 valence electrons. The van der Waals surface area contributed by atoms with E-state index in [4.69, 9.17) is 11.6 Å². The second-order valence-electron chi connectivity index (χ2n) is 3.20. The zero-order valence-electron chi connectivity index (χ0n) is 8.52. The smallest absolute Gasteiger partial charge is 0.256 e. The maximum Gasteiger partial charge on any atom is 0.256 e. The highest BCUT2D eigenvalue weighted by molar-refractivity contribution is 9.10. The van der Waals surface area contributed by atoms with E-state index in [0.717, 1.165) is 4.47 Å². The first kappa shape index (κ1) is 12.0. The predicted molar refractivity (Wildman–Crippen MR) is 69.1 cm³/mol. The standard InChI is InChI=1S/C11H7BrClN3O/c12-8-3-1-7(2-4-8)11(17)14-10-6-5-9(13)15-16-10/h1-6H,(H,14,16,17). The Bertz CT molecular complexity index is 527. The lowest BCUT2D eigenvalue weighted by Gasteiger charge is -2.03. The molecule has 0 spiro atoms. The Morgan fingerprint density at radius 2 is 1.82 bits per heavy atom. The number of rotatable bonds is 2. The van der Waals surface area contributed by atoms with Crippen molar-refractivity contribution >= 4 is 39.3 Å². The summed E-state index contributed by atoms with van der Waals surface area (Å²) in [5, 5.41) is 10.3. The van der Waals surface area contributed by atoms with Crippen molar-refractivity contribution in [2.24, 2.45) is 0 Å². The monoisotopic (exact) mass is 311 g/mol. The van der Waals surface area contributed by atoms with Gasteiger partial charge in [-0.2, -0.15) is 0 Å². The normalized spacial score (nSPS) is 10.0. The minimum absolute atomic E-state index is 0.242. The topological polar surface area (TPSA) is 54.9 Å². The third-order valence-electron chi connectivity index (χ3n) is 1.98. The highest BCUT2D eigenvalue weighted by atomic mass is 79.9. The largest absolute Gasteiger partial charge is 0.305 e. The number of carbonyl (C=O) groups is 1. The van der Waals surface area contributed by atoms with Crippen molar-refractivity contribution in [3.8, 4) is 0 Å². The van der Waals surface area contributed by atoms with Gasteiger partial charge < -0.3 is 5.32 Å². The lowest BCUT2D eigenvalue weighted by molar-refractivity contribution is 0.102. The van der Waals surface area contributed by atoms with Gasteiger partial charge in [-0.15, -0.1) is 10.2 Å². The molecule has 0 unspecified atom stereocenters. The number of amides is 1. The summed E-state index contributed by atoms with van der Waals surface area (Å²) in [7, 11) is 0. The molecule has 0 aliphatic rings. The van der Waals surface area contributed by atoms with Gasteiger partial charge in [-0.25, -0.2) is 0 Å². The second-order valence-corrected chi connectivity index (χ2v) is 4.51. The Balaban J connectivity index is 2.11. The van der Waals surface area contributed by atoms with Gasteiger partial charge in [0.2, 0.25) is 0 Å². The first-order chi connectivity index (χ1) is 8.15. The number of aromatic nitrogens is 2. The molecule has 0 saturated carbocycles. The first-order valence-electron chi connectivity index (χ1n) is 4.71. The molecule has 1 aromatic heterocycles. The molecule has 4 nitrogen and oxygen atoms in total. The molecule has 1 amide bonds. The number of halogens is 2. The van der Waals surface area contributed by atoms with Crippen LogP contribution in [0.15, 0.2) is 40.9 Å². The molecule has 0 aliphatic heterocycles. The van der Waals surface area contributed by atoms with Gasteiger partial charge in [0.25, 0.3) is 5.91 Å². The maximum atomic E-state index is 11.8. The van der Waals surface area contributed by atoms with E-state index >= 15 is 0 Å². The van der Waals surface area contributed by atoms with Gasteiger partial charge >= 0.3 is 0 Å². The van der Waals surface area contributed by atoms with Crippen LogP contribution in [0.2, 0.25) is 5.15 Å². The minimum atomic E-state index is -0.242. The molecule has 6 heteroatoms. The number of benzene rings is 1. The molecule has 2 rings (SSSR count). The van der Waals surface area contributed by atoms with Crippen molar-refractivity contribution in [2.45, 2.75) is 0 Å². The van der Waals surface area contributed by atoms with Crippen LogP contribution >= 0.6 is 27.5 Å². The van der Waals surface area contributed by atoms with E-state index in [2.05, 4.69) is 31.4 Å². The van der Waals surface area contributed by atoms with Crippen LogP contribution in [0.1, 0.15) is 10.4 Å². The maximum absolute atomic E-state index is 11.8. The third-order valence-corrected chi connectivity index (χ3v) is 2.71. The molecule has 2 aromatic rings. The SMILES string of the molecule is O=C(Nc1ccc(Cl)nn1)c1ccc(Br)cc1. The number of hydrogen-bond acceptors (Lipinski definition) is 3. The molecular weight excluding hydrogens is 305 g/mol. The van der Waals surface area contributed by atoms with Crippen molar-refractivity contribution in [1.29, 1.82) is 0 Å². The van der Waals surface area contributed by atoms with E-state index in [1.807, 2.05) is 0 Å². The second kappa shape index (κ2) is 5.25. The molecule has 0 saturated heterocycles. The molecule has 0 fully saturated rings. The summed E-state index contributed by atoms with van der Waals surface area (Å²) >= 11 is 8.89. The van der Waals surface area contributed by atoms with Crippen molar-refractivity contribution in [1.82, 2.24) is 10.2 Å². The summed E-state index contributed by atoms with van der Waals surface area (Å²) in [6.07, 6.45) is 0. The van der Waals surface area contributed by atoms with Crippen LogP contribution in [-0.4, -0.2) is 16.1 Å². The average molecular weight is 313 g/mol. The van der Waals surface area contributed by atoms with E-state index < -0.39 is 0 Å². The van der Waals surface area contributed by atoms with Crippen LogP contribution in [0, 0.1) is 0 Å².